The van der Waals surface area contributed by atoms with Gasteiger partial charge in [0.2, 0.25) is 5.91 Å². The van der Waals surface area contributed by atoms with Crippen molar-refractivity contribution in [3.63, 3.8) is 0 Å². The van der Waals surface area contributed by atoms with Crippen molar-refractivity contribution in [1.29, 1.82) is 0 Å². The van der Waals surface area contributed by atoms with E-state index in [2.05, 4.69) is 0 Å². The highest BCUT2D eigenvalue weighted by Crippen LogP contribution is 2.12. The zero-order valence-electron chi connectivity index (χ0n) is 12.3. The molecule has 1 rings (SSSR count). The van der Waals surface area contributed by atoms with E-state index < -0.39 is 5.97 Å². The highest BCUT2D eigenvalue weighted by molar-refractivity contribution is 5.76. The maximum absolute atomic E-state index is 12.1. The van der Waals surface area contributed by atoms with Crippen LogP contribution < -0.4 is 0 Å². The molecule has 0 radical (unpaired) electrons. The van der Waals surface area contributed by atoms with E-state index in [4.69, 9.17) is 5.11 Å². The molecule has 0 spiro atoms. The van der Waals surface area contributed by atoms with Gasteiger partial charge in [-0.2, -0.15) is 0 Å². The van der Waals surface area contributed by atoms with Crippen LogP contribution in [-0.4, -0.2) is 28.4 Å². The van der Waals surface area contributed by atoms with Crippen molar-refractivity contribution in [2.24, 2.45) is 0 Å². The van der Waals surface area contributed by atoms with Crippen molar-refractivity contribution in [1.82, 2.24) is 4.90 Å². The fraction of sp³-hybridized carbons (Fsp3) is 0.500. The number of rotatable bonds is 8. The summed E-state index contributed by atoms with van der Waals surface area (Å²) in [5.74, 6) is -0.703. The maximum atomic E-state index is 12.1. The van der Waals surface area contributed by atoms with Gasteiger partial charge < -0.3 is 10.0 Å². The molecule has 0 aromatic heterocycles. The van der Waals surface area contributed by atoms with Crippen molar-refractivity contribution in [2.45, 2.75) is 46.1 Å². The predicted octanol–water partition coefficient (Wildman–Crippen LogP) is 2.99. The van der Waals surface area contributed by atoms with E-state index in [-0.39, 0.29) is 12.3 Å². The number of nitrogens with zero attached hydrogens (tertiary/aromatic N) is 1. The lowest BCUT2D eigenvalue weighted by Crippen LogP contribution is -2.30. The van der Waals surface area contributed by atoms with E-state index in [0.29, 0.717) is 32.4 Å². The Labute approximate surface area is 120 Å². The van der Waals surface area contributed by atoms with Crippen LogP contribution in [-0.2, 0) is 16.1 Å². The number of hydrogen-bond donors (Lipinski definition) is 1. The first-order valence-corrected chi connectivity index (χ1v) is 7.08. The van der Waals surface area contributed by atoms with Crippen molar-refractivity contribution >= 4 is 11.9 Å². The van der Waals surface area contributed by atoms with E-state index in [1.165, 1.54) is 5.56 Å². The van der Waals surface area contributed by atoms with Gasteiger partial charge in [-0.15, -0.1) is 0 Å². The highest BCUT2D eigenvalue weighted by Gasteiger charge is 2.12. The standard InChI is InChI=1S/C16H23NO3/c1-3-17(12-14-9-5-4-8-13(14)2)15(18)10-6-7-11-16(19)20/h4-5,8-9H,3,6-7,10-12H2,1-2H3,(H,19,20). The van der Waals surface area contributed by atoms with E-state index in [1.807, 2.05) is 43.0 Å². The summed E-state index contributed by atoms with van der Waals surface area (Å²) in [6.45, 7) is 5.31. The molecule has 4 heteroatoms. The number of amides is 1. The highest BCUT2D eigenvalue weighted by atomic mass is 16.4. The Bertz CT molecular complexity index is 457. The van der Waals surface area contributed by atoms with Gasteiger partial charge in [-0.25, -0.2) is 0 Å². The number of aryl methyl sites for hydroxylation is 1. The van der Waals surface area contributed by atoms with Gasteiger partial charge in [-0.05, 0) is 37.8 Å². The van der Waals surface area contributed by atoms with Gasteiger partial charge in [0.1, 0.15) is 0 Å². The first-order chi connectivity index (χ1) is 9.54. The van der Waals surface area contributed by atoms with Crippen LogP contribution in [0.2, 0.25) is 0 Å². The van der Waals surface area contributed by atoms with Gasteiger partial charge in [0.05, 0.1) is 0 Å². The van der Waals surface area contributed by atoms with Gasteiger partial charge in [-0.3, -0.25) is 9.59 Å². The Morgan fingerprint density at radius 3 is 2.40 bits per heavy atom. The molecule has 0 bridgehead atoms. The number of carboxylic acid groups (broad SMARTS) is 1. The van der Waals surface area contributed by atoms with Crippen LogP contribution >= 0.6 is 0 Å². The van der Waals surface area contributed by atoms with E-state index in [0.717, 1.165) is 5.56 Å². The zero-order valence-corrected chi connectivity index (χ0v) is 12.3. The van der Waals surface area contributed by atoms with Gasteiger partial charge in [0.25, 0.3) is 0 Å². The fourth-order valence-corrected chi connectivity index (χ4v) is 2.08. The molecule has 110 valence electrons. The third-order valence-corrected chi connectivity index (χ3v) is 3.39. The molecule has 4 nitrogen and oxygen atoms in total. The van der Waals surface area contributed by atoms with Crippen LogP contribution in [0.4, 0.5) is 0 Å². The van der Waals surface area contributed by atoms with E-state index in [1.54, 1.807) is 0 Å². The van der Waals surface area contributed by atoms with Crippen LogP contribution in [0.1, 0.15) is 43.7 Å². The molecule has 0 aliphatic rings. The lowest BCUT2D eigenvalue weighted by Gasteiger charge is -2.22. The lowest BCUT2D eigenvalue weighted by molar-refractivity contribution is -0.137. The Kier molecular flexibility index (Phi) is 6.77. The quantitative estimate of drug-likeness (QED) is 0.743. The van der Waals surface area contributed by atoms with Crippen molar-refractivity contribution in [3.05, 3.63) is 35.4 Å². The normalized spacial score (nSPS) is 10.3. The second-order valence-corrected chi connectivity index (χ2v) is 4.94. The molecule has 0 fully saturated rings. The summed E-state index contributed by atoms with van der Waals surface area (Å²) >= 11 is 0. The molecule has 1 amide bonds. The van der Waals surface area contributed by atoms with Crippen LogP contribution in [0.5, 0.6) is 0 Å². The summed E-state index contributed by atoms with van der Waals surface area (Å²) in [6, 6.07) is 8.05. The summed E-state index contributed by atoms with van der Waals surface area (Å²) < 4.78 is 0. The monoisotopic (exact) mass is 277 g/mol. The summed E-state index contributed by atoms with van der Waals surface area (Å²) in [5, 5.41) is 8.56. The van der Waals surface area contributed by atoms with E-state index in [9.17, 15) is 9.59 Å². The molecular formula is C16H23NO3. The average Bonchev–Trinajstić information content (AvgIpc) is 2.42. The number of aliphatic carboxylic acids is 1. The number of carbonyl (C=O) groups is 2. The van der Waals surface area contributed by atoms with Crippen LogP contribution in [0.15, 0.2) is 24.3 Å². The molecule has 1 N–H and O–H groups in total. The molecule has 0 saturated heterocycles. The second kappa shape index (κ2) is 8.35. The molecular weight excluding hydrogens is 254 g/mol. The SMILES string of the molecule is CCN(Cc1ccccc1C)C(=O)CCCCC(=O)O. The summed E-state index contributed by atoms with van der Waals surface area (Å²) in [7, 11) is 0. The van der Waals surface area contributed by atoms with Crippen molar-refractivity contribution < 1.29 is 14.7 Å². The Balaban J connectivity index is 2.47. The summed E-state index contributed by atoms with van der Waals surface area (Å²) in [4.78, 5) is 24.4. The van der Waals surface area contributed by atoms with E-state index >= 15 is 0 Å². The van der Waals surface area contributed by atoms with Gasteiger partial charge in [0.15, 0.2) is 0 Å². The summed E-state index contributed by atoms with van der Waals surface area (Å²) in [5.41, 5.74) is 2.35. The third kappa shape index (κ3) is 5.43. The fourth-order valence-electron chi connectivity index (χ4n) is 2.08. The largest absolute Gasteiger partial charge is 0.481 e. The Hall–Kier alpha value is -1.84. The Morgan fingerprint density at radius 1 is 1.15 bits per heavy atom. The third-order valence-electron chi connectivity index (χ3n) is 3.39. The first kappa shape index (κ1) is 16.2. The number of benzene rings is 1. The maximum Gasteiger partial charge on any atom is 0.303 e. The molecule has 0 atom stereocenters. The van der Waals surface area contributed by atoms with Gasteiger partial charge in [0, 0.05) is 25.9 Å². The van der Waals surface area contributed by atoms with Gasteiger partial charge >= 0.3 is 5.97 Å². The molecule has 0 aliphatic carbocycles. The Morgan fingerprint density at radius 2 is 1.80 bits per heavy atom. The number of carboxylic acids is 1. The molecule has 0 aliphatic heterocycles. The predicted molar refractivity (Wildman–Crippen MR) is 78.4 cm³/mol. The minimum absolute atomic E-state index is 0.0983. The zero-order chi connectivity index (χ0) is 15.0. The number of unbranched alkanes of at least 4 members (excludes halogenated alkanes) is 1. The van der Waals surface area contributed by atoms with Crippen LogP contribution in [0.25, 0.3) is 0 Å². The topological polar surface area (TPSA) is 57.6 Å². The first-order valence-electron chi connectivity index (χ1n) is 7.08. The van der Waals surface area contributed by atoms with Crippen LogP contribution in [0, 0.1) is 6.92 Å². The molecule has 1 aromatic carbocycles. The smallest absolute Gasteiger partial charge is 0.303 e. The molecule has 1 aromatic rings. The van der Waals surface area contributed by atoms with Crippen LogP contribution in [0.3, 0.4) is 0 Å². The lowest BCUT2D eigenvalue weighted by atomic mass is 10.1. The molecule has 0 saturated carbocycles. The number of hydrogen-bond acceptors (Lipinski definition) is 2. The minimum Gasteiger partial charge on any atom is -0.481 e. The summed E-state index contributed by atoms with van der Waals surface area (Å²) in [6.07, 6.45) is 1.75. The van der Waals surface area contributed by atoms with Gasteiger partial charge in [-0.1, -0.05) is 24.3 Å². The van der Waals surface area contributed by atoms with Crippen molar-refractivity contribution in [3.8, 4) is 0 Å². The minimum atomic E-state index is -0.801. The average molecular weight is 277 g/mol. The molecule has 20 heavy (non-hydrogen) atoms. The molecule has 0 unspecified atom stereocenters. The second-order valence-electron chi connectivity index (χ2n) is 4.94. The molecule has 0 heterocycles. The number of carbonyl (C=O) groups excluding carboxylic acids is 1. The van der Waals surface area contributed by atoms with Crippen molar-refractivity contribution in [2.75, 3.05) is 6.54 Å².